The van der Waals surface area contributed by atoms with E-state index < -0.39 is 23.6 Å². The molecule has 1 aliphatic rings. The van der Waals surface area contributed by atoms with E-state index in [4.69, 9.17) is 5.73 Å². The maximum atomic E-state index is 12.1. The van der Waals surface area contributed by atoms with Gasteiger partial charge in [-0.2, -0.15) is 13.2 Å². The zero-order valence-corrected chi connectivity index (χ0v) is 7.02. The van der Waals surface area contributed by atoms with Gasteiger partial charge in [0.2, 0.25) is 0 Å². The molecule has 0 saturated heterocycles. The van der Waals surface area contributed by atoms with E-state index >= 15 is 0 Å². The molecular weight excluding hydrogens is 187 g/mol. The molecule has 0 spiro atoms. The fraction of sp³-hybridized carbons (Fsp3) is 0.857. The summed E-state index contributed by atoms with van der Waals surface area (Å²) in [5.74, 6) is -0.864. The lowest BCUT2D eigenvalue weighted by atomic mass is 9.97. The van der Waals surface area contributed by atoms with Crippen molar-refractivity contribution in [2.45, 2.75) is 25.1 Å². The van der Waals surface area contributed by atoms with Crippen molar-refractivity contribution in [3.8, 4) is 0 Å². The third-order valence-electron chi connectivity index (χ3n) is 2.33. The Balaban J connectivity index is 2.77. The lowest BCUT2D eigenvalue weighted by Crippen LogP contribution is -2.48. The number of alkyl halides is 3. The number of rotatable bonds is 2. The molecule has 0 amide bonds. The van der Waals surface area contributed by atoms with Crippen LogP contribution in [0.1, 0.15) is 12.8 Å². The number of ether oxygens (including phenoxy) is 1. The molecule has 1 atom stereocenters. The van der Waals surface area contributed by atoms with Crippen LogP contribution in [0.15, 0.2) is 0 Å². The number of nitrogens with two attached hydrogens (primary N) is 1. The van der Waals surface area contributed by atoms with Crippen LogP contribution >= 0.6 is 0 Å². The zero-order chi connectivity index (χ0) is 10.3. The Kier molecular flexibility index (Phi) is 2.27. The summed E-state index contributed by atoms with van der Waals surface area (Å²) in [7, 11) is 1.06. The van der Waals surface area contributed by atoms with Gasteiger partial charge < -0.3 is 10.5 Å². The molecule has 3 nitrogen and oxygen atoms in total. The minimum Gasteiger partial charge on any atom is -0.469 e. The first-order valence-electron chi connectivity index (χ1n) is 3.75. The predicted octanol–water partition coefficient (Wildman–Crippen LogP) is 0.829. The molecule has 1 aliphatic carbocycles. The second-order valence-corrected chi connectivity index (χ2v) is 3.17. The standard InChI is InChI=1S/C7H10F3NO2/c1-13-5(12)6(2-3-6)4(11)7(8,9)10/h4H,2-3,11H2,1H3. The topological polar surface area (TPSA) is 52.3 Å². The second kappa shape index (κ2) is 2.87. The fourth-order valence-corrected chi connectivity index (χ4v) is 1.29. The highest BCUT2D eigenvalue weighted by Crippen LogP contribution is 2.52. The first kappa shape index (κ1) is 10.3. The molecule has 1 rings (SSSR count). The third kappa shape index (κ3) is 1.63. The van der Waals surface area contributed by atoms with E-state index in [9.17, 15) is 18.0 Å². The fourth-order valence-electron chi connectivity index (χ4n) is 1.29. The Morgan fingerprint density at radius 3 is 2.23 bits per heavy atom. The predicted molar refractivity (Wildman–Crippen MR) is 37.7 cm³/mol. The van der Waals surface area contributed by atoms with Gasteiger partial charge in [0, 0.05) is 0 Å². The van der Waals surface area contributed by atoms with E-state index in [1.165, 1.54) is 0 Å². The molecule has 1 unspecified atom stereocenters. The van der Waals surface area contributed by atoms with Crippen LogP contribution in [0.2, 0.25) is 0 Å². The van der Waals surface area contributed by atoms with Crippen molar-refractivity contribution in [2.24, 2.45) is 11.1 Å². The van der Waals surface area contributed by atoms with Crippen molar-refractivity contribution in [3.05, 3.63) is 0 Å². The summed E-state index contributed by atoms with van der Waals surface area (Å²) in [6.45, 7) is 0. The Bertz CT molecular complexity index is 222. The van der Waals surface area contributed by atoms with Crippen LogP contribution in [-0.2, 0) is 9.53 Å². The number of halogens is 3. The van der Waals surface area contributed by atoms with Crippen molar-refractivity contribution < 1.29 is 22.7 Å². The third-order valence-corrected chi connectivity index (χ3v) is 2.33. The van der Waals surface area contributed by atoms with E-state index in [1.807, 2.05) is 0 Å². The highest BCUT2D eigenvalue weighted by molar-refractivity contribution is 5.80. The molecule has 0 radical (unpaired) electrons. The van der Waals surface area contributed by atoms with Gasteiger partial charge in [0.05, 0.1) is 12.5 Å². The maximum Gasteiger partial charge on any atom is 0.404 e. The molecule has 0 aromatic heterocycles. The summed E-state index contributed by atoms with van der Waals surface area (Å²) in [6.07, 6.45) is -4.23. The lowest BCUT2D eigenvalue weighted by molar-refractivity contribution is -0.178. The average Bonchev–Trinajstić information content (AvgIpc) is 2.80. The largest absolute Gasteiger partial charge is 0.469 e. The Morgan fingerprint density at radius 2 is 2.00 bits per heavy atom. The van der Waals surface area contributed by atoms with Gasteiger partial charge in [0.1, 0.15) is 6.04 Å². The monoisotopic (exact) mass is 197 g/mol. The number of esters is 1. The summed E-state index contributed by atoms with van der Waals surface area (Å²) in [6, 6.07) is -2.10. The summed E-state index contributed by atoms with van der Waals surface area (Å²) in [4.78, 5) is 11.0. The first-order chi connectivity index (χ1) is 5.84. The number of carbonyl (C=O) groups excluding carboxylic acids is 1. The quantitative estimate of drug-likeness (QED) is 0.667. The summed E-state index contributed by atoms with van der Waals surface area (Å²) >= 11 is 0. The van der Waals surface area contributed by atoms with Gasteiger partial charge in [-0.3, -0.25) is 4.79 Å². The maximum absolute atomic E-state index is 12.1. The summed E-state index contributed by atoms with van der Waals surface area (Å²) in [5.41, 5.74) is 3.43. The smallest absolute Gasteiger partial charge is 0.404 e. The van der Waals surface area contributed by atoms with E-state index in [1.54, 1.807) is 0 Å². The van der Waals surface area contributed by atoms with Crippen molar-refractivity contribution >= 4 is 5.97 Å². The van der Waals surface area contributed by atoms with Gasteiger partial charge in [-0.25, -0.2) is 0 Å². The number of hydrogen-bond donors (Lipinski definition) is 1. The molecule has 1 fully saturated rings. The average molecular weight is 197 g/mol. The molecule has 0 heterocycles. The van der Waals surface area contributed by atoms with Gasteiger partial charge in [-0.05, 0) is 12.8 Å². The molecule has 0 bridgehead atoms. The van der Waals surface area contributed by atoms with Crippen LogP contribution in [0.5, 0.6) is 0 Å². The van der Waals surface area contributed by atoms with Crippen LogP contribution in [0, 0.1) is 5.41 Å². The van der Waals surface area contributed by atoms with Crippen LogP contribution in [0.4, 0.5) is 13.2 Å². The van der Waals surface area contributed by atoms with Crippen LogP contribution in [-0.4, -0.2) is 25.3 Å². The molecule has 13 heavy (non-hydrogen) atoms. The molecule has 6 heteroatoms. The van der Waals surface area contributed by atoms with Crippen LogP contribution < -0.4 is 5.73 Å². The van der Waals surface area contributed by atoms with E-state index in [0.717, 1.165) is 7.11 Å². The zero-order valence-electron chi connectivity index (χ0n) is 7.02. The van der Waals surface area contributed by atoms with Crippen molar-refractivity contribution in [1.29, 1.82) is 0 Å². The minimum absolute atomic E-state index is 0.153. The molecule has 0 aromatic rings. The van der Waals surface area contributed by atoms with Gasteiger partial charge in [0.15, 0.2) is 0 Å². The number of carbonyl (C=O) groups is 1. The SMILES string of the molecule is COC(=O)C1(C(N)C(F)(F)F)CC1. The summed E-state index contributed by atoms with van der Waals surface area (Å²) in [5, 5.41) is 0. The Morgan fingerprint density at radius 1 is 1.54 bits per heavy atom. The van der Waals surface area contributed by atoms with Gasteiger partial charge in [0.25, 0.3) is 0 Å². The van der Waals surface area contributed by atoms with Gasteiger partial charge in [-0.1, -0.05) is 0 Å². The van der Waals surface area contributed by atoms with Crippen LogP contribution in [0.3, 0.4) is 0 Å². The van der Waals surface area contributed by atoms with Crippen molar-refractivity contribution in [2.75, 3.05) is 7.11 Å². The molecule has 0 aromatic carbocycles. The van der Waals surface area contributed by atoms with Crippen molar-refractivity contribution in [3.63, 3.8) is 0 Å². The van der Waals surface area contributed by atoms with E-state index in [0.29, 0.717) is 0 Å². The summed E-state index contributed by atoms with van der Waals surface area (Å²) < 4.78 is 40.7. The van der Waals surface area contributed by atoms with Gasteiger partial charge >= 0.3 is 12.1 Å². The molecule has 2 N–H and O–H groups in total. The van der Waals surface area contributed by atoms with Crippen LogP contribution in [0.25, 0.3) is 0 Å². The second-order valence-electron chi connectivity index (χ2n) is 3.17. The van der Waals surface area contributed by atoms with Crippen molar-refractivity contribution in [1.82, 2.24) is 0 Å². The molecule has 76 valence electrons. The number of methoxy groups -OCH3 is 1. The highest BCUT2D eigenvalue weighted by Gasteiger charge is 2.63. The Labute approximate surface area is 73.0 Å². The lowest BCUT2D eigenvalue weighted by Gasteiger charge is -2.22. The molecular formula is C7H10F3NO2. The Hall–Kier alpha value is -0.780. The normalized spacial score (nSPS) is 22.2. The van der Waals surface area contributed by atoms with E-state index in [2.05, 4.69) is 4.74 Å². The van der Waals surface area contributed by atoms with Gasteiger partial charge in [-0.15, -0.1) is 0 Å². The highest BCUT2D eigenvalue weighted by atomic mass is 19.4. The first-order valence-corrected chi connectivity index (χ1v) is 3.75. The molecule has 0 aliphatic heterocycles. The van der Waals surface area contributed by atoms with E-state index in [-0.39, 0.29) is 12.8 Å². The molecule has 1 saturated carbocycles. The minimum atomic E-state index is -4.54. The number of hydrogen-bond acceptors (Lipinski definition) is 3.